The molecule has 1 aliphatic heterocycles. The molecule has 0 aliphatic carbocycles. The van der Waals surface area contributed by atoms with Crippen LogP contribution >= 0.6 is 0 Å². The van der Waals surface area contributed by atoms with Crippen LogP contribution in [0.15, 0.2) is 66.7 Å². The first kappa shape index (κ1) is 25.6. The van der Waals surface area contributed by atoms with Crippen molar-refractivity contribution in [2.75, 3.05) is 27.8 Å². The van der Waals surface area contributed by atoms with E-state index in [1.807, 2.05) is 42.5 Å². The van der Waals surface area contributed by atoms with Crippen molar-refractivity contribution in [3.8, 4) is 11.5 Å². The number of benzene rings is 3. The minimum absolute atomic E-state index is 0.150. The Kier molecular flexibility index (Phi) is 7.54. The number of nitrogens with zero attached hydrogens (tertiary/aromatic N) is 1. The Bertz CT molecular complexity index is 1200. The lowest BCUT2D eigenvalue weighted by molar-refractivity contribution is -0.137. The largest absolute Gasteiger partial charge is 0.493 e. The maximum absolute atomic E-state index is 13.2. The Hall–Kier alpha value is -3.52. The molecule has 2 atom stereocenters. The number of carbonyl (C=O) groups excluding carboxylic acids is 1. The number of nitrogens with one attached hydrogen (secondary N) is 1. The first-order valence-electron chi connectivity index (χ1n) is 11.7. The van der Waals surface area contributed by atoms with Gasteiger partial charge in [-0.1, -0.05) is 42.5 Å². The average molecular weight is 499 g/mol. The van der Waals surface area contributed by atoms with Gasteiger partial charge >= 0.3 is 6.18 Å². The maximum Gasteiger partial charge on any atom is 0.416 e. The molecule has 0 aromatic heterocycles. The van der Waals surface area contributed by atoms with Gasteiger partial charge in [0.25, 0.3) is 0 Å². The maximum atomic E-state index is 13.2. The first-order chi connectivity index (χ1) is 17.3. The number of hydrogen-bond donors (Lipinski definition) is 1. The number of likely N-dealkylation sites (N-methyl/N-ethyl adjacent to an activating group) is 1. The van der Waals surface area contributed by atoms with Crippen molar-refractivity contribution in [2.45, 2.75) is 31.1 Å². The third-order valence-electron chi connectivity index (χ3n) is 6.70. The van der Waals surface area contributed by atoms with Gasteiger partial charge in [0.2, 0.25) is 5.91 Å². The average Bonchev–Trinajstić information content (AvgIpc) is 2.89. The van der Waals surface area contributed by atoms with Crippen LogP contribution in [-0.2, 0) is 23.8 Å². The summed E-state index contributed by atoms with van der Waals surface area (Å²) in [5, 5.41) is 2.78. The van der Waals surface area contributed by atoms with Crippen LogP contribution in [0.1, 0.15) is 39.9 Å². The molecule has 1 amide bonds. The molecule has 0 fully saturated rings. The molecule has 0 bridgehead atoms. The van der Waals surface area contributed by atoms with E-state index in [4.69, 9.17) is 9.47 Å². The Labute approximate surface area is 208 Å². The third kappa shape index (κ3) is 5.18. The topological polar surface area (TPSA) is 50.8 Å². The summed E-state index contributed by atoms with van der Waals surface area (Å²) < 4.78 is 50.5. The molecule has 0 saturated heterocycles. The minimum atomic E-state index is -4.40. The zero-order valence-corrected chi connectivity index (χ0v) is 20.4. The van der Waals surface area contributed by atoms with Crippen LogP contribution in [0.25, 0.3) is 0 Å². The van der Waals surface area contributed by atoms with E-state index in [-0.39, 0.29) is 11.9 Å². The zero-order valence-electron chi connectivity index (χ0n) is 20.4. The van der Waals surface area contributed by atoms with E-state index in [9.17, 15) is 18.0 Å². The number of halogens is 3. The highest BCUT2D eigenvalue weighted by molar-refractivity contribution is 5.83. The van der Waals surface area contributed by atoms with Crippen LogP contribution in [-0.4, -0.2) is 38.6 Å². The van der Waals surface area contributed by atoms with Crippen molar-refractivity contribution < 1.29 is 27.4 Å². The fraction of sp³-hybridized carbons (Fsp3) is 0.321. The number of alkyl halides is 3. The molecule has 4 rings (SSSR count). The Morgan fingerprint density at radius 1 is 1.03 bits per heavy atom. The molecule has 3 aromatic rings. The standard InChI is InChI=1S/C28H29F3N2O3/c1-32-27(34)26(19-7-5-4-6-8-19)33-14-13-20-16-24(35-2)25(36-3)17-22(20)23(33)15-18-9-11-21(12-10-18)28(29,30)31/h4-12,16-17,23,26H,13-15H2,1-3H3,(H,32,34). The summed E-state index contributed by atoms with van der Waals surface area (Å²) in [6.07, 6.45) is -3.30. The Balaban J connectivity index is 1.81. The molecule has 3 aromatic carbocycles. The van der Waals surface area contributed by atoms with Crippen molar-refractivity contribution in [1.29, 1.82) is 0 Å². The Morgan fingerprint density at radius 3 is 2.25 bits per heavy atom. The summed E-state index contributed by atoms with van der Waals surface area (Å²) in [5.74, 6) is 1.03. The molecule has 5 nitrogen and oxygen atoms in total. The first-order valence-corrected chi connectivity index (χ1v) is 11.7. The summed E-state index contributed by atoms with van der Waals surface area (Å²) in [4.78, 5) is 15.3. The van der Waals surface area contributed by atoms with Crippen LogP contribution in [0.4, 0.5) is 13.2 Å². The molecule has 8 heteroatoms. The molecule has 0 radical (unpaired) electrons. The van der Waals surface area contributed by atoms with Gasteiger partial charge in [0.1, 0.15) is 6.04 Å². The van der Waals surface area contributed by atoms with E-state index in [1.54, 1.807) is 21.3 Å². The second-order valence-corrected chi connectivity index (χ2v) is 8.74. The van der Waals surface area contributed by atoms with Crippen molar-refractivity contribution in [3.63, 3.8) is 0 Å². The number of rotatable bonds is 7. The van der Waals surface area contributed by atoms with E-state index < -0.39 is 17.8 Å². The van der Waals surface area contributed by atoms with Crippen molar-refractivity contribution >= 4 is 5.91 Å². The number of hydrogen-bond acceptors (Lipinski definition) is 4. The molecule has 1 aliphatic rings. The predicted octanol–water partition coefficient (Wildman–Crippen LogP) is 5.35. The van der Waals surface area contributed by atoms with Gasteiger partial charge in [0.05, 0.1) is 19.8 Å². The SMILES string of the molecule is CNC(=O)C(c1ccccc1)N1CCc2cc(OC)c(OC)cc2C1Cc1ccc(C(F)(F)F)cc1. The smallest absolute Gasteiger partial charge is 0.416 e. The van der Waals surface area contributed by atoms with Gasteiger partial charge in [0.15, 0.2) is 11.5 Å². The summed E-state index contributed by atoms with van der Waals surface area (Å²) in [6.45, 7) is 0.584. The summed E-state index contributed by atoms with van der Waals surface area (Å²) in [5.41, 5.74) is 2.92. The Morgan fingerprint density at radius 2 is 1.67 bits per heavy atom. The van der Waals surface area contributed by atoms with E-state index in [1.165, 1.54) is 12.1 Å². The van der Waals surface area contributed by atoms with Gasteiger partial charge in [-0.05, 0) is 59.4 Å². The quantitative estimate of drug-likeness (QED) is 0.477. The lowest BCUT2D eigenvalue weighted by Crippen LogP contribution is -2.45. The van der Waals surface area contributed by atoms with E-state index in [0.717, 1.165) is 34.4 Å². The molecular formula is C28H29F3N2O3. The number of fused-ring (bicyclic) bond motifs is 1. The third-order valence-corrected chi connectivity index (χ3v) is 6.70. The van der Waals surface area contributed by atoms with Crippen LogP contribution < -0.4 is 14.8 Å². The summed E-state index contributed by atoms with van der Waals surface area (Å²) >= 11 is 0. The highest BCUT2D eigenvalue weighted by Crippen LogP contribution is 2.43. The molecule has 0 saturated carbocycles. The summed E-state index contributed by atoms with van der Waals surface area (Å²) in [6, 6.07) is 17.7. The lowest BCUT2D eigenvalue weighted by atomic mass is 9.86. The van der Waals surface area contributed by atoms with Crippen LogP contribution in [0, 0.1) is 0 Å². The van der Waals surface area contributed by atoms with Crippen molar-refractivity contribution in [1.82, 2.24) is 10.2 Å². The van der Waals surface area contributed by atoms with Crippen LogP contribution in [0.2, 0.25) is 0 Å². The fourth-order valence-corrected chi connectivity index (χ4v) is 4.90. The number of carbonyl (C=O) groups is 1. The fourth-order valence-electron chi connectivity index (χ4n) is 4.90. The molecule has 1 N–H and O–H groups in total. The molecule has 2 unspecified atom stereocenters. The van der Waals surface area contributed by atoms with Gasteiger partial charge < -0.3 is 14.8 Å². The minimum Gasteiger partial charge on any atom is -0.493 e. The lowest BCUT2D eigenvalue weighted by Gasteiger charge is -2.42. The second-order valence-electron chi connectivity index (χ2n) is 8.74. The number of ether oxygens (including phenoxy) is 2. The highest BCUT2D eigenvalue weighted by atomic mass is 19.4. The van der Waals surface area contributed by atoms with Gasteiger partial charge in [-0.25, -0.2) is 0 Å². The monoisotopic (exact) mass is 498 g/mol. The van der Waals surface area contributed by atoms with Crippen molar-refractivity contribution in [2.24, 2.45) is 0 Å². The summed E-state index contributed by atoms with van der Waals surface area (Å²) in [7, 11) is 4.75. The van der Waals surface area contributed by atoms with E-state index in [0.29, 0.717) is 30.9 Å². The molecule has 0 spiro atoms. The molecule has 190 valence electrons. The van der Waals surface area contributed by atoms with Gasteiger partial charge in [0, 0.05) is 19.6 Å². The number of amides is 1. The van der Waals surface area contributed by atoms with E-state index >= 15 is 0 Å². The zero-order chi connectivity index (χ0) is 25.9. The normalized spacial score (nSPS) is 16.7. The van der Waals surface area contributed by atoms with Crippen molar-refractivity contribution in [3.05, 3.63) is 94.5 Å². The van der Waals surface area contributed by atoms with E-state index in [2.05, 4.69) is 10.2 Å². The molecular weight excluding hydrogens is 469 g/mol. The highest BCUT2D eigenvalue weighted by Gasteiger charge is 2.37. The van der Waals surface area contributed by atoms with Crippen LogP contribution in [0.3, 0.4) is 0 Å². The van der Waals surface area contributed by atoms with Gasteiger partial charge in [-0.2, -0.15) is 13.2 Å². The van der Waals surface area contributed by atoms with Gasteiger partial charge in [-0.3, -0.25) is 9.69 Å². The molecule has 36 heavy (non-hydrogen) atoms. The van der Waals surface area contributed by atoms with Gasteiger partial charge in [-0.15, -0.1) is 0 Å². The second kappa shape index (κ2) is 10.6. The number of methoxy groups -OCH3 is 2. The molecule has 1 heterocycles. The van der Waals surface area contributed by atoms with Crippen LogP contribution in [0.5, 0.6) is 11.5 Å². The predicted molar refractivity (Wildman–Crippen MR) is 131 cm³/mol.